The van der Waals surface area contributed by atoms with Crippen molar-refractivity contribution in [3.63, 3.8) is 0 Å². The number of hydrogen-bond donors (Lipinski definition) is 1. The largest absolute Gasteiger partial charge is 0.369 e. The van der Waals surface area contributed by atoms with Crippen LogP contribution in [0.15, 0.2) is 41.1 Å². The number of hydrogen-bond acceptors (Lipinski definition) is 3. The van der Waals surface area contributed by atoms with Gasteiger partial charge in [-0.2, -0.15) is 0 Å². The Kier molecular flexibility index (Phi) is 4.20. The molecule has 0 saturated heterocycles. The molecule has 1 N–H and O–H groups in total. The maximum Gasteiger partial charge on any atom is 0.128 e. The van der Waals surface area contributed by atoms with Crippen LogP contribution < -0.4 is 5.32 Å². The molecular formula is C15H18BrN3. The van der Waals surface area contributed by atoms with E-state index in [0.29, 0.717) is 0 Å². The zero-order valence-electron chi connectivity index (χ0n) is 11.4. The summed E-state index contributed by atoms with van der Waals surface area (Å²) in [6, 6.07) is 8.08. The fourth-order valence-electron chi connectivity index (χ4n) is 1.88. The van der Waals surface area contributed by atoms with Gasteiger partial charge in [-0.3, -0.25) is 4.98 Å². The van der Waals surface area contributed by atoms with Crippen molar-refractivity contribution in [3.8, 4) is 0 Å². The lowest BCUT2D eigenvalue weighted by Gasteiger charge is -2.25. The van der Waals surface area contributed by atoms with Gasteiger partial charge >= 0.3 is 0 Å². The second kappa shape index (κ2) is 5.70. The summed E-state index contributed by atoms with van der Waals surface area (Å²) in [5.41, 5.74) is 2.17. The van der Waals surface area contributed by atoms with Gasteiger partial charge in [0.05, 0.1) is 0 Å². The van der Waals surface area contributed by atoms with E-state index in [1.165, 1.54) is 0 Å². The second-order valence-corrected chi connectivity index (χ2v) is 6.19. The molecule has 0 aliphatic carbocycles. The molecule has 0 aliphatic heterocycles. The van der Waals surface area contributed by atoms with Crippen molar-refractivity contribution in [1.29, 1.82) is 0 Å². The van der Waals surface area contributed by atoms with Gasteiger partial charge in [-0.05, 0) is 46.6 Å². The molecule has 0 spiro atoms. The molecule has 2 rings (SSSR count). The van der Waals surface area contributed by atoms with Gasteiger partial charge in [-0.1, -0.05) is 19.9 Å². The molecule has 3 nitrogen and oxygen atoms in total. The molecule has 0 fully saturated rings. The lowest BCUT2D eigenvalue weighted by atomic mass is 9.88. The predicted molar refractivity (Wildman–Crippen MR) is 82.4 cm³/mol. The molecule has 0 aliphatic rings. The first-order valence-corrected chi connectivity index (χ1v) is 7.06. The third kappa shape index (κ3) is 3.53. The number of nitrogens with one attached hydrogen (secondary N) is 1. The molecule has 0 bridgehead atoms. The van der Waals surface area contributed by atoms with E-state index >= 15 is 0 Å². The average Bonchev–Trinajstić information content (AvgIpc) is 2.39. The van der Waals surface area contributed by atoms with Crippen molar-refractivity contribution in [2.24, 2.45) is 0 Å². The van der Waals surface area contributed by atoms with Crippen molar-refractivity contribution in [2.75, 3.05) is 11.9 Å². The molecule has 2 aromatic heterocycles. The molecule has 19 heavy (non-hydrogen) atoms. The number of aromatic nitrogens is 2. The molecule has 0 unspecified atom stereocenters. The Morgan fingerprint density at radius 2 is 2.05 bits per heavy atom. The lowest BCUT2D eigenvalue weighted by molar-refractivity contribution is 0.537. The number of pyridine rings is 2. The third-order valence-corrected chi connectivity index (χ3v) is 3.53. The fraction of sp³-hybridized carbons (Fsp3) is 0.333. The summed E-state index contributed by atoms with van der Waals surface area (Å²) in [7, 11) is 0. The lowest BCUT2D eigenvalue weighted by Crippen LogP contribution is -2.29. The number of anilines is 1. The Bertz CT molecular complexity index is 553. The summed E-state index contributed by atoms with van der Waals surface area (Å²) in [5, 5.41) is 3.41. The molecule has 2 heterocycles. The quantitative estimate of drug-likeness (QED) is 0.927. The Labute approximate surface area is 122 Å². The summed E-state index contributed by atoms with van der Waals surface area (Å²) < 4.78 is 1.000. The van der Waals surface area contributed by atoms with Crippen LogP contribution in [0.25, 0.3) is 0 Å². The van der Waals surface area contributed by atoms with E-state index in [4.69, 9.17) is 0 Å². The van der Waals surface area contributed by atoms with Crippen LogP contribution in [0.3, 0.4) is 0 Å². The SMILES string of the molecule is Cc1cc(Br)cnc1NCC(C)(C)c1ccccn1. The van der Waals surface area contributed by atoms with Gasteiger partial charge in [0.2, 0.25) is 0 Å². The van der Waals surface area contributed by atoms with Gasteiger partial charge in [-0.15, -0.1) is 0 Å². The van der Waals surface area contributed by atoms with Gasteiger partial charge in [0.1, 0.15) is 5.82 Å². The van der Waals surface area contributed by atoms with E-state index in [2.05, 4.69) is 57.2 Å². The van der Waals surface area contributed by atoms with Crippen LogP contribution in [0, 0.1) is 6.92 Å². The number of rotatable bonds is 4. The van der Waals surface area contributed by atoms with E-state index in [0.717, 1.165) is 28.1 Å². The minimum absolute atomic E-state index is 0.0392. The number of aryl methyl sites for hydroxylation is 1. The van der Waals surface area contributed by atoms with E-state index < -0.39 is 0 Å². The Hall–Kier alpha value is -1.42. The van der Waals surface area contributed by atoms with Crippen LogP contribution in [0.2, 0.25) is 0 Å². The van der Waals surface area contributed by atoms with Crippen LogP contribution in [0.5, 0.6) is 0 Å². The molecule has 0 radical (unpaired) electrons. The first-order valence-electron chi connectivity index (χ1n) is 6.26. The van der Waals surface area contributed by atoms with E-state index in [1.807, 2.05) is 31.5 Å². The summed E-state index contributed by atoms with van der Waals surface area (Å²) in [6.07, 6.45) is 3.64. The van der Waals surface area contributed by atoms with Crippen LogP contribution in [0.1, 0.15) is 25.1 Å². The zero-order chi connectivity index (χ0) is 13.9. The monoisotopic (exact) mass is 319 g/mol. The minimum atomic E-state index is -0.0392. The summed E-state index contributed by atoms with van der Waals surface area (Å²) in [6.45, 7) is 7.19. The van der Waals surface area contributed by atoms with Gasteiger partial charge < -0.3 is 5.32 Å². The molecule has 4 heteroatoms. The van der Waals surface area contributed by atoms with Gasteiger partial charge in [0.15, 0.2) is 0 Å². The topological polar surface area (TPSA) is 37.8 Å². The van der Waals surface area contributed by atoms with Crippen LogP contribution in [-0.4, -0.2) is 16.5 Å². The van der Waals surface area contributed by atoms with E-state index in [-0.39, 0.29) is 5.41 Å². The van der Waals surface area contributed by atoms with Crippen LogP contribution >= 0.6 is 15.9 Å². The minimum Gasteiger partial charge on any atom is -0.369 e. The van der Waals surface area contributed by atoms with Crippen LogP contribution in [0.4, 0.5) is 5.82 Å². The maximum atomic E-state index is 4.43. The van der Waals surface area contributed by atoms with Crippen molar-refractivity contribution >= 4 is 21.7 Å². The van der Waals surface area contributed by atoms with Crippen molar-refractivity contribution in [1.82, 2.24) is 9.97 Å². The predicted octanol–water partition coefficient (Wildman–Crippen LogP) is 3.94. The Morgan fingerprint density at radius 3 is 2.68 bits per heavy atom. The fourth-order valence-corrected chi connectivity index (χ4v) is 2.33. The van der Waals surface area contributed by atoms with Crippen molar-refractivity contribution in [2.45, 2.75) is 26.2 Å². The molecular weight excluding hydrogens is 302 g/mol. The van der Waals surface area contributed by atoms with Gasteiger partial charge in [0.25, 0.3) is 0 Å². The third-order valence-electron chi connectivity index (χ3n) is 3.10. The maximum absolute atomic E-state index is 4.43. The molecule has 0 atom stereocenters. The summed E-state index contributed by atoms with van der Waals surface area (Å²) in [4.78, 5) is 8.83. The van der Waals surface area contributed by atoms with E-state index in [9.17, 15) is 0 Å². The highest BCUT2D eigenvalue weighted by Gasteiger charge is 2.21. The van der Waals surface area contributed by atoms with Gasteiger partial charge in [0, 0.05) is 34.5 Å². The average molecular weight is 320 g/mol. The highest BCUT2D eigenvalue weighted by atomic mass is 79.9. The van der Waals surface area contributed by atoms with Gasteiger partial charge in [-0.25, -0.2) is 4.98 Å². The normalized spacial score (nSPS) is 11.4. The number of nitrogens with zero attached hydrogens (tertiary/aromatic N) is 2. The molecule has 0 saturated carbocycles. The van der Waals surface area contributed by atoms with E-state index in [1.54, 1.807) is 0 Å². The first kappa shape index (κ1) is 14.0. The number of halogens is 1. The molecule has 2 aromatic rings. The Morgan fingerprint density at radius 1 is 1.26 bits per heavy atom. The van der Waals surface area contributed by atoms with Crippen LogP contribution in [-0.2, 0) is 5.41 Å². The molecule has 0 amide bonds. The van der Waals surface area contributed by atoms with Crippen molar-refractivity contribution < 1.29 is 0 Å². The zero-order valence-corrected chi connectivity index (χ0v) is 13.0. The standard InChI is InChI=1S/C15H18BrN3/c1-11-8-12(16)9-18-14(11)19-10-15(2,3)13-6-4-5-7-17-13/h4-9H,10H2,1-3H3,(H,18,19). The summed E-state index contributed by atoms with van der Waals surface area (Å²) in [5.74, 6) is 0.923. The first-order chi connectivity index (χ1) is 8.99. The second-order valence-electron chi connectivity index (χ2n) is 5.27. The highest BCUT2D eigenvalue weighted by Crippen LogP contribution is 2.23. The molecule has 0 aromatic carbocycles. The molecule has 100 valence electrons. The highest BCUT2D eigenvalue weighted by molar-refractivity contribution is 9.10. The Balaban J connectivity index is 2.09. The van der Waals surface area contributed by atoms with Crippen molar-refractivity contribution in [3.05, 3.63) is 52.4 Å². The smallest absolute Gasteiger partial charge is 0.128 e. The summed E-state index contributed by atoms with van der Waals surface area (Å²) >= 11 is 3.42.